The first-order valence-electron chi connectivity index (χ1n) is 10.1. The number of hydrogen-bond acceptors (Lipinski definition) is 5. The van der Waals surface area contributed by atoms with Gasteiger partial charge in [-0.1, -0.05) is 44.2 Å². The van der Waals surface area contributed by atoms with Crippen LogP contribution >= 0.6 is 0 Å². The second-order valence-electron chi connectivity index (χ2n) is 8.60. The van der Waals surface area contributed by atoms with Gasteiger partial charge in [0.1, 0.15) is 17.7 Å². The molecule has 0 spiro atoms. The molecule has 0 heterocycles. The molecule has 0 aliphatic carbocycles. The Morgan fingerprint density at radius 3 is 2.13 bits per heavy atom. The van der Waals surface area contributed by atoms with Gasteiger partial charge in [-0.3, -0.25) is 14.4 Å². The fraction of sp³-hybridized carbons (Fsp3) is 0.591. The van der Waals surface area contributed by atoms with Crippen molar-refractivity contribution in [1.29, 1.82) is 0 Å². The van der Waals surface area contributed by atoms with Crippen molar-refractivity contribution in [1.82, 2.24) is 15.7 Å². The van der Waals surface area contributed by atoms with Crippen LogP contribution in [0.4, 0.5) is 4.79 Å². The zero-order valence-electron chi connectivity index (χ0n) is 19.0. The molecule has 0 unspecified atom stereocenters. The highest BCUT2D eigenvalue weighted by Crippen LogP contribution is 2.11. The summed E-state index contributed by atoms with van der Waals surface area (Å²) in [6, 6.07) is 7.64. The predicted molar refractivity (Wildman–Crippen MR) is 114 cm³/mol. The summed E-state index contributed by atoms with van der Waals surface area (Å²) < 4.78 is 5.30. The Bertz CT molecular complexity index is 700. The van der Waals surface area contributed by atoms with Gasteiger partial charge in [-0.05, 0) is 38.7 Å². The zero-order chi connectivity index (χ0) is 22.9. The fourth-order valence-electron chi connectivity index (χ4n) is 2.78. The lowest BCUT2D eigenvalue weighted by Gasteiger charge is -2.27. The van der Waals surface area contributed by atoms with Crippen molar-refractivity contribution in [2.45, 2.75) is 65.1 Å². The molecule has 168 valence electrons. The smallest absolute Gasteiger partial charge is 0.408 e. The van der Waals surface area contributed by atoms with E-state index in [-0.39, 0.29) is 18.2 Å². The van der Waals surface area contributed by atoms with Gasteiger partial charge >= 0.3 is 6.09 Å². The van der Waals surface area contributed by atoms with E-state index in [1.165, 1.54) is 14.2 Å². The van der Waals surface area contributed by atoms with Crippen LogP contribution in [0.5, 0.6) is 0 Å². The van der Waals surface area contributed by atoms with Gasteiger partial charge in [0, 0.05) is 13.5 Å². The summed E-state index contributed by atoms with van der Waals surface area (Å²) in [5, 5.41) is 6.49. The number of nitrogens with zero attached hydrogens (tertiary/aromatic N) is 1. The minimum Gasteiger partial charge on any atom is -0.444 e. The molecule has 2 N–H and O–H groups in total. The summed E-state index contributed by atoms with van der Waals surface area (Å²) >= 11 is 0. The lowest BCUT2D eigenvalue weighted by Crippen LogP contribution is -2.55. The van der Waals surface area contributed by atoms with Gasteiger partial charge in [-0.25, -0.2) is 9.86 Å². The number of nitrogens with one attached hydrogen (secondary N) is 2. The molecule has 0 bridgehead atoms. The number of benzene rings is 1. The first-order valence-corrected chi connectivity index (χ1v) is 10.1. The van der Waals surface area contributed by atoms with Crippen LogP contribution in [0.1, 0.15) is 46.6 Å². The Kier molecular flexibility index (Phi) is 9.78. The van der Waals surface area contributed by atoms with Gasteiger partial charge in [0.2, 0.25) is 5.91 Å². The molecule has 8 heteroatoms. The van der Waals surface area contributed by atoms with Crippen molar-refractivity contribution < 1.29 is 24.0 Å². The van der Waals surface area contributed by atoms with Crippen LogP contribution < -0.4 is 10.6 Å². The topological polar surface area (TPSA) is 97.0 Å². The summed E-state index contributed by atoms with van der Waals surface area (Å²) in [4.78, 5) is 43.0. The quantitative estimate of drug-likeness (QED) is 0.598. The third kappa shape index (κ3) is 9.26. The molecular formula is C22H35N3O5. The number of amides is 3. The minimum absolute atomic E-state index is 0.163. The number of likely N-dealkylation sites (N-methyl/N-ethyl adjacent to an activating group) is 1. The second kappa shape index (κ2) is 11.5. The van der Waals surface area contributed by atoms with Crippen LogP contribution in [0.2, 0.25) is 0 Å². The van der Waals surface area contributed by atoms with Crippen molar-refractivity contribution >= 4 is 17.9 Å². The van der Waals surface area contributed by atoms with Gasteiger partial charge in [-0.15, -0.1) is 0 Å². The Labute approximate surface area is 179 Å². The third-order valence-corrected chi connectivity index (χ3v) is 4.20. The number of rotatable bonds is 9. The van der Waals surface area contributed by atoms with Crippen molar-refractivity contribution in [2.24, 2.45) is 5.92 Å². The van der Waals surface area contributed by atoms with Crippen molar-refractivity contribution in [2.75, 3.05) is 14.2 Å². The highest BCUT2D eigenvalue weighted by atomic mass is 16.7. The summed E-state index contributed by atoms with van der Waals surface area (Å²) in [7, 11) is 2.87. The first-order chi connectivity index (χ1) is 13.9. The maximum absolute atomic E-state index is 13.1. The minimum atomic E-state index is -0.905. The summed E-state index contributed by atoms with van der Waals surface area (Å²) in [6.45, 7) is 9.16. The molecule has 8 nitrogen and oxygen atoms in total. The standard InChI is InChI=1S/C22H35N3O5/c1-15(2)13-18(20(27)25(6)29-7)23-19(26)17(14-16-11-9-8-10-12-16)24-21(28)30-22(3,4)5/h8-12,15,17-18H,13-14H2,1-7H3,(H,23,26)(H,24,28)/t17-,18-/m1/s1. The number of hydrogen-bond donors (Lipinski definition) is 2. The van der Waals surface area contributed by atoms with E-state index in [0.717, 1.165) is 10.6 Å². The fourth-order valence-corrected chi connectivity index (χ4v) is 2.78. The van der Waals surface area contributed by atoms with Crippen LogP contribution in [0.15, 0.2) is 30.3 Å². The number of alkyl carbamates (subject to hydrolysis) is 1. The molecule has 0 saturated carbocycles. The average molecular weight is 422 g/mol. The van der Waals surface area contributed by atoms with E-state index in [2.05, 4.69) is 10.6 Å². The molecule has 0 radical (unpaired) electrons. The molecule has 1 rings (SSSR count). The Morgan fingerprint density at radius 2 is 1.63 bits per heavy atom. The number of ether oxygens (including phenoxy) is 1. The van der Waals surface area contributed by atoms with Gasteiger partial charge < -0.3 is 15.4 Å². The highest BCUT2D eigenvalue weighted by molar-refractivity contribution is 5.91. The highest BCUT2D eigenvalue weighted by Gasteiger charge is 2.30. The van der Waals surface area contributed by atoms with E-state index >= 15 is 0 Å². The number of carbonyl (C=O) groups is 3. The van der Waals surface area contributed by atoms with Gasteiger partial charge in [0.15, 0.2) is 0 Å². The number of hydroxylamine groups is 2. The van der Waals surface area contributed by atoms with E-state index in [1.54, 1.807) is 20.8 Å². The van der Waals surface area contributed by atoms with Crippen LogP contribution in [-0.2, 0) is 25.6 Å². The molecular weight excluding hydrogens is 386 g/mol. The van der Waals surface area contributed by atoms with Gasteiger partial charge in [0.25, 0.3) is 5.91 Å². The van der Waals surface area contributed by atoms with Crippen LogP contribution in [0, 0.1) is 5.92 Å². The molecule has 0 aliphatic rings. The van der Waals surface area contributed by atoms with Crippen LogP contribution in [0.3, 0.4) is 0 Å². The zero-order valence-corrected chi connectivity index (χ0v) is 19.0. The maximum Gasteiger partial charge on any atom is 0.408 e. The van der Waals surface area contributed by atoms with Crippen LogP contribution in [0.25, 0.3) is 0 Å². The van der Waals surface area contributed by atoms with Gasteiger partial charge in [0.05, 0.1) is 7.11 Å². The van der Waals surface area contributed by atoms with E-state index in [9.17, 15) is 14.4 Å². The monoisotopic (exact) mass is 421 g/mol. The largest absolute Gasteiger partial charge is 0.444 e. The lowest BCUT2D eigenvalue weighted by molar-refractivity contribution is -0.172. The summed E-state index contributed by atoms with van der Waals surface area (Å²) in [5.74, 6) is -0.667. The lowest BCUT2D eigenvalue weighted by atomic mass is 10.0. The Balaban J connectivity index is 3.02. The van der Waals surface area contributed by atoms with E-state index in [1.807, 2.05) is 44.2 Å². The van der Waals surface area contributed by atoms with Gasteiger partial charge in [-0.2, -0.15) is 0 Å². The van der Waals surface area contributed by atoms with Crippen molar-refractivity contribution in [3.8, 4) is 0 Å². The van der Waals surface area contributed by atoms with E-state index in [0.29, 0.717) is 6.42 Å². The summed E-state index contributed by atoms with van der Waals surface area (Å²) in [6.07, 6.45) is -0.00321. The van der Waals surface area contributed by atoms with Crippen molar-refractivity contribution in [3.63, 3.8) is 0 Å². The maximum atomic E-state index is 13.1. The Morgan fingerprint density at radius 1 is 1.03 bits per heavy atom. The Hall–Kier alpha value is -2.61. The first kappa shape index (κ1) is 25.4. The second-order valence-corrected chi connectivity index (χ2v) is 8.60. The normalized spacial score (nSPS) is 13.3. The molecule has 1 aromatic rings. The number of carbonyl (C=O) groups excluding carboxylic acids is 3. The van der Waals surface area contributed by atoms with Crippen molar-refractivity contribution in [3.05, 3.63) is 35.9 Å². The molecule has 2 atom stereocenters. The molecule has 3 amide bonds. The molecule has 30 heavy (non-hydrogen) atoms. The SMILES string of the molecule is CON(C)C(=O)[C@@H](CC(C)C)NC(=O)[C@@H](Cc1ccccc1)NC(=O)OC(C)(C)C. The molecule has 0 fully saturated rings. The summed E-state index contributed by atoms with van der Waals surface area (Å²) in [5.41, 5.74) is 0.171. The van der Waals surface area contributed by atoms with E-state index in [4.69, 9.17) is 9.57 Å². The van der Waals surface area contributed by atoms with E-state index < -0.39 is 29.7 Å². The average Bonchev–Trinajstić information content (AvgIpc) is 2.64. The molecule has 0 aliphatic heterocycles. The van der Waals surface area contributed by atoms with Crippen LogP contribution in [-0.4, -0.2) is 54.8 Å². The molecule has 0 saturated heterocycles. The third-order valence-electron chi connectivity index (χ3n) is 4.20. The molecule has 0 aromatic heterocycles. The predicted octanol–water partition coefficient (Wildman–Crippen LogP) is 2.67. The molecule has 1 aromatic carbocycles.